The number of rotatable bonds is 2. The third kappa shape index (κ3) is 3.26. The maximum Gasteiger partial charge on any atom is 0.573 e. The molecule has 0 bridgehead atoms. The second kappa shape index (κ2) is 5.02. The van der Waals surface area contributed by atoms with Crippen molar-refractivity contribution in [2.75, 3.05) is 0 Å². The molecule has 0 spiro atoms. The van der Waals surface area contributed by atoms with Crippen molar-refractivity contribution in [1.82, 2.24) is 0 Å². The molecule has 2 N–H and O–H groups in total. The van der Waals surface area contributed by atoms with E-state index in [1.54, 1.807) is 12.1 Å². The monoisotopic (exact) mass is 257 g/mol. The Morgan fingerprint density at radius 3 is 2.56 bits per heavy atom. The molecule has 1 unspecified atom stereocenters. The molecule has 98 valence electrons. The first-order valence-electron chi connectivity index (χ1n) is 5.75. The molecule has 1 aromatic rings. The van der Waals surface area contributed by atoms with E-state index in [9.17, 15) is 13.2 Å². The number of nitrogens with two attached hydrogens (primary N) is 1. The van der Waals surface area contributed by atoms with Crippen LogP contribution >= 0.6 is 0 Å². The lowest BCUT2D eigenvalue weighted by atomic mass is 9.91. The average molecular weight is 257 g/mol. The van der Waals surface area contributed by atoms with Crippen molar-refractivity contribution in [3.05, 3.63) is 35.9 Å². The quantitative estimate of drug-likeness (QED) is 0.880. The fourth-order valence-corrected chi connectivity index (χ4v) is 2.04. The lowest BCUT2D eigenvalue weighted by molar-refractivity contribution is -0.274. The summed E-state index contributed by atoms with van der Waals surface area (Å²) in [7, 11) is 0. The first kappa shape index (κ1) is 13.0. The van der Waals surface area contributed by atoms with Crippen LogP contribution < -0.4 is 10.5 Å². The SMILES string of the molecule is NC1CC=C(c2ccccc2OC(F)(F)F)CC1. The van der Waals surface area contributed by atoms with E-state index in [1.165, 1.54) is 12.1 Å². The Hall–Kier alpha value is -1.49. The molecule has 2 rings (SSSR count). The highest BCUT2D eigenvalue weighted by Gasteiger charge is 2.32. The molecule has 0 fully saturated rings. The Labute approximate surface area is 103 Å². The largest absolute Gasteiger partial charge is 0.573 e. The van der Waals surface area contributed by atoms with E-state index in [2.05, 4.69) is 4.74 Å². The summed E-state index contributed by atoms with van der Waals surface area (Å²) in [6, 6.07) is 6.31. The predicted octanol–water partition coefficient (Wildman–Crippen LogP) is 3.48. The number of para-hydroxylation sites is 1. The Bertz CT molecular complexity index is 454. The highest BCUT2D eigenvalue weighted by molar-refractivity contribution is 5.71. The third-order valence-electron chi connectivity index (χ3n) is 2.91. The van der Waals surface area contributed by atoms with Crippen LogP contribution in [0.3, 0.4) is 0 Å². The van der Waals surface area contributed by atoms with Crippen LogP contribution in [0.4, 0.5) is 13.2 Å². The molecular formula is C13H14F3NO. The molecule has 0 aromatic heterocycles. The van der Waals surface area contributed by atoms with Gasteiger partial charge in [0.15, 0.2) is 0 Å². The normalized spacial score (nSPS) is 20.4. The van der Waals surface area contributed by atoms with E-state index in [4.69, 9.17) is 5.73 Å². The van der Waals surface area contributed by atoms with Crippen molar-refractivity contribution in [2.24, 2.45) is 5.73 Å². The molecular weight excluding hydrogens is 243 g/mol. The zero-order chi connectivity index (χ0) is 13.2. The minimum atomic E-state index is -4.66. The molecule has 0 radical (unpaired) electrons. The van der Waals surface area contributed by atoms with Crippen molar-refractivity contribution in [3.63, 3.8) is 0 Å². The summed E-state index contributed by atoms with van der Waals surface area (Å²) in [4.78, 5) is 0. The molecule has 2 nitrogen and oxygen atoms in total. The van der Waals surface area contributed by atoms with Crippen LogP contribution in [-0.4, -0.2) is 12.4 Å². The lowest BCUT2D eigenvalue weighted by Crippen LogP contribution is -2.22. The van der Waals surface area contributed by atoms with Crippen LogP contribution in [0.2, 0.25) is 0 Å². The van der Waals surface area contributed by atoms with Crippen molar-refractivity contribution in [2.45, 2.75) is 31.7 Å². The lowest BCUT2D eigenvalue weighted by Gasteiger charge is -2.20. The number of halogens is 3. The molecule has 1 atom stereocenters. The maximum absolute atomic E-state index is 12.3. The van der Waals surface area contributed by atoms with Gasteiger partial charge < -0.3 is 10.5 Å². The number of hydrogen-bond acceptors (Lipinski definition) is 2. The van der Waals surface area contributed by atoms with Gasteiger partial charge in [0, 0.05) is 11.6 Å². The van der Waals surface area contributed by atoms with E-state index < -0.39 is 6.36 Å². The molecule has 0 aliphatic heterocycles. The zero-order valence-electron chi connectivity index (χ0n) is 9.70. The number of hydrogen-bond donors (Lipinski definition) is 1. The van der Waals surface area contributed by atoms with Gasteiger partial charge in [0.25, 0.3) is 0 Å². The van der Waals surface area contributed by atoms with Crippen molar-refractivity contribution in [3.8, 4) is 5.75 Å². The molecule has 1 aromatic carbocycles. The second-order valence-electron chi connectivity index (χ2n) is 4.31. The van der Waals surface area contributed by atoms with Gasteiger partial charge in [-0.15, -0.1) is 13.2 Å². The smallest absolute Gasteiger partial charge is 0.405 e. The maximum atomic E-state index is 12.3. The van der Waals surface area contributed by atoms with Crippen molar-refractivity contribution < 1.29 is 17.9 Å². The van der Waals surface area contributed by atoms with Crippen molar-refractivity contribution >= 4 is 5.57 Å². The number of benzene rings is 1. The number of allylic oxidation sites excluding steroid dienone is 1. The summed E-state index contributed by atoms with van der Waals surface area (Å²) in [5.74, 6) is -0.147. The van der Waals surface area contributed by atoms with Crippen LogP contribution in [0.25, 0.3) is 5.57 Å². The van der Waals surface area contributed by atoms with E-state index in [-0.39, 0.29) is 11.8 Å². The minimum absolute atomic E-state index is 0.101. The Morgan fingerprint density at radius 2 is 1.94 bits per heavy atom. The topological polar surface area (TPSA) is 35.2 Å². The minimum Gasteiger partial charge on any atom is -0.405 e. The average Bonchev–Trinajstić information content (AvgIpc) is 2.29. The fraction of sp³-hybridized carbons (Fsp3) is 0.385. The summed E-state index contributed by atoms with van der Waals surface area (Å²) in [5.41, 5.74) is 7.13. The molecule has 1 aliphatic rings. The van der Waals surface area contributed by atoms with Gasteiger partial charge in [0.05, 0.1) is 0 Å². The molecule has 1 aliphatic carbocycles. The van der Waals surface area contributed by atoms with Crippen LogP contribution in [0.5, 0.6) is 5.75 Å². The summed E-state index contributed by atoms with van der Waals surface area (Å²) in [6.07, 6.45) is -0.615. The third-order valence-corrected chi connectivity index (χ3v) is 2.91. The standard InChI is InChI=1S/C13H14F3NO/c14-13(15,16)18-12-4-2-1-3-11(12)9-5-7-10(17)8-6-9/h1-5,10H,6-8,17H2. The van der Waals surface area contributed by atoms with Gasteiger partial charge >= 0.3 is 6.36 Å². The second-order valence-corrected chi connectivity index (χ2v) is 4.31. The Morgan fingerprint density at radius 1 is 1.22 bits per heavy atom. The van der Waals surface area contributed by atoms with Gasteiger partial charge in [0.1, 0.15) is 5.75 Å². The summed E-state index contributed by atoms with van der Waals surface area (Å²) in [5, 5.41) is 0. The van der Waals surface area contributed by atoms with E-state index in [1.807, 2.05) is 6.08 Å². The molecule has 0 heterocycles. The number of ether oxygens (including phenoxy) is 1. The summed E-state index contributed by atoms with van der Waals surface area (Å²) < 4.78 is 40.9. The van der Waals surface area contributed by atoms with Gasteiger partial charge in [-0.25, -0.2) is 0 Å². The van der Waals surface area contributed by atoms with Crippen molar-refractivity contribution in [1.29, 1.82) is 0 Å². The van der Waals surface area contributed by atoms with Crippen LogP contribution in [-0.2, 0) is 0 Å². The zero-order valence-corrected chi connectivity index (χ0v) is 9.70. The first-order chi connectivity index (χ1) is 8.46. The van der Waals surface area contributed by atoms with E-state index >= 15 is 0 Å². The summed E-state index contributed by atoms with van der Waals surface area (Å²) >= 11 is 0. The van der Waals surface area contributed by atoms with Gasteiger partial charge in [-0.3, -0.25) is 0 Å². The van der Waals surface area contributed by atoms with Gasteiger partial charge in [-0.05, 0) is 30.9 Å². The molecule has 18 heavy (non-hydrogen) atoms. The van der Waals surface area contributed by atoms with Gasteiger partial charge in [0.2, 0.25) is 0 Å². The van der Waals surface area contributed by atoms with Gasteiger partial charge in [-0.1, -0.05) is 24.3 Å². The van der Waals surface area contributed by atoms with Gasteiger partial charge in [-0.2, -0.15) is 0 Å². The first-order valence-corrected chi connectivity index (χ1v) is 5.75. The van der Waals surface area contributed by atoms with E-state index in [0.29, 0.717) is 18.4 Å². The Balaban J connectivity index is 2.28. The molecule has 0 saturated heterocycles. The molecule has 5 heteroatoms. The predicted molar refractivity (Wildman–Crippen MR) is 62.9 cm³/mol. The molecule has 0 amide bonds. The molecule has 0 saturated carbocycles. The highest BCUT2D eigenvalue weighted by atomic mass is 19.4. The van der Waals surface area contributed by atoms with Crippen LogP contribution in [0.15, 0.2) is 30.3 Å². The van der Waals surface area contributed by atoms with E-state index in [0.717, 1.165) is 12.0 Å². The fourth-order valence-electron chi connectivity index (χ4n) is 2.04. The summed E-state index contributed by atoms with van der Waals surface area (Å²) in [6.45, 7) is 0. The highest BCUT2D eigenvalue weighted by Crippen LogP contribution is 2.35. The Kier molecular flexibility index (Phi) is 3.61. The number of alkyl halides is 3. The van der Waals surface area contributed by atoms with Crippen LogP contribution in [0, 0.1) is 0 Å². The van der Waals surface area contributed by atoms with Crippen LogP contribution in [0.1, 0.15) is 24.8 Å².